The SMILES string of the molecule is CC[C@H]1CCCCN1C(=O)C[C@H](NC(=O)CCC(C)C)C(=O)N[C@@H](C)C1NC2CC(F)CC(F)C2N1. The number of carbonyl (C=O) groups excluding carboxylic acids is 3. The maximum Gasteiger partial charge on any atom is 0.243 e. The highest BCUT2D eigenvalue weighted by atomic mass is 19.1. The Morgan fingerprint density at radius 1 is 1.06 bits per heavy atom. The summed E-state index contributed by atoms with van der Waals surface area (Å²) in [6.45, 7) is 8.55. The number of carbonyl (C=O) groups is 3. The number of likely N-dealkylation sites (tertiary alicyclic amines) is 1. The van der Waals surface area contributed by atoms with Crippen LogP contribution in [-0.2, 0) is 14.4 Å². The highest BCUT2D eigenvalue weighted by Crippen LogP contribution is 2.28. The fourth-order valence-corrected chi connectivity index (χ4v) is 5.68. The van der Waals surface area contributed by atoms with Crippen LogP contribution >= 0.6 is 0 Å². The standard InChI is InChI=1S/C26H45F2N5O3/c1-5-18-8-6-7-11-33(18)23(35)14-21(30-22(34)10-9-15(2)3)26(36)29-16(4)25-31-20-13-17(27)12-19(28)24(20)32-25/h15-21,24-25,31-32H,5-14H2,1-4H3,(H,29,36)(H,30,34)/t16-,17?,18-,19?,20?,21-,24?,25?/m0/s1. The van der Waals surface area contributed by atoms with E-state index in [0.717, 1.165) is 25.7 Å². The van der Waals surface area contributed by atoms with E-state index < -0.39 is 42.5 Å². The van der Waals surface area contributed by atoms with Crippen molar-refractivity contribution < 1.29 is 23.2 Å². The summed E-state index contributed by atoms with van der Waals surface area (Å²) in [7, 11) is 0. The lowest BCUT2D eigenvalue weighted by Gasteiger charge is -2.36. The van der Waals surface area contributed by atoms with Gasteiger partial charge in [-0.05, 0) is 51.4 Å². The summed E-state index contributed by atoms with van der Waals surface area (Å²) in [6, 6.07) is -2.14. The van der Waals surface area contributed by atoms with E-state index in [0.29, 0.717) is 18.9 Å². The molecular formula is C26H45F2N5O3. The highest BCUT2D eigenvalue weighted by molar-refractivity contribution is 5.92. The van der Waals surface area contributed by atoms with Crippen molar-refractivity contribution in [1.29, 1.82) is 0 Å². The van der Waals surface area contributed by atoms with E-state index >= 15 is 0 Å². The van der Waals surface area contributed by atoms with Gasteiger partial charge in [0.15, 0.2) is 0 Å². The molecule has 0 aromatic carbocycles. The van der Waals surface area contributed by atoms with Gasteiger partial charge in [-0.2, -0.15) is 0 Å². The quantitative estimate of drug-likeness (QED) is 0.359. The Hall–Kier alpha value is -1.81. The predicted molar refractivity (Wildman–Crippen MR) is 135 cm³/mol. The van der Waals surface area contributed by atoms with Crippen LogP contribution in [0.3, 0.4) is 0 Å². The van der Waals surface area contributed by atoms with Crippen molar-refractivity contribution in [2.24, 2.45) is 5.92 Å². The number of nitrogens with one attached hydrogen (secondary N) is 4. The summed E-state index contributed by atoms with van der Waals surface area (Å²) in [5.74, 6) is -0.490. The maximum absolute atomic E-state index is 14.4. The van der Waals surface area contributed by atoms with Gasteiger partial charge in [-0.3, -0.25) is 25.0 Å². The smallest absolute Gasteiger partial charge is 0.243 e. The first-order valence-electron chi connectivity index (χ1n) is 13.8. The van der Waals surface area contributed by atoms with Crippen molar-refractivity contribution in [3.63, 3.8) is 0 Å². The van der Waals surface area contributed by atoms with Crippen molar-refractivity contribution in [3.05, 3.63) is 0 Å². The van der Waals surface area contributed by atoms with Gasteiger partial charge in [-0.25, -0.2) is 8.78 Å². The van der Waals surface area contributed by atoms with Gasteiger partial charge in [-0.1, -0.05) is 20.8 Å². The van der Waals surface area contributed by atoms with Gasteiger partial charge in [0.25, 0.3) is 0 Å². The Bertz CT molecular complexity index is 770. The summed E-state index contributed by atoms with van der Waals surface area (Å²) in [6.07, 6.45) is 1.90. The molecular weight excluding hydrogens is 468 g/mol. The third kappa shape index (κ3) is 7.60. The molecule has 2 aliphatic heterocycles. The van der Waals surface area contributed by atoms with Gasteiger partial charge < -0.3 is 15.5 Å². The number of halogens is 2. The molecule has 3 amide bonds. The van der Waals surface area contributed by atoms with E-state index in [2.05, 4.69) is 28.2 Å². The molecule has 3 rings (SSSR count). The molecule has 5 unspecified atom stereocenters. The van der Waals surface area contributed by atoms with Crippen LogP contribution in [0.4, 0.5) is 8.78 Å². The normalized spacial score (nSPS) is 32.0. The molecule has 3 aliphatic rings. The van der Waals surface area contributed by atoms with E-state index in [1.807, 2.05) is 18.7 Å². The minimum atomic E-state index is -1.29. The maximum atomic E-state index is 14.4. The molecule has 2 saturated heterocycles. The zero-order chi connectivity index (χ0) is 26.4. The van der Waals surface area contributed by atoms with Crippen LogP contribution in [0.2, 0.25) is 0 Å². The predicted octanol–water partition coefficient (Wildman–Crippen LogP) is 2.32. The second-order valence-corrected chi connectivity index (χ2v) is 11.2. The van der Waals surface area contributed by atoms with Crippen LogP contribution in [0.25, 0.3) is 0 Å². The highest BCUT2D eigenvalue weighted by Gasteiger charge is 2.45. The average molecular weight is 514 g/mol. The van der Waals surface area contributed by atoms with Crippen molar-refractivity contribution in [3.8, 4) is 0 Å². The van der Waals surface area contributed by atoms with Crippen LogP contribution in [-0.4, -0.2) is 77.9 Å². The van der Waals surface area contributed by atoms with Gasteiger partial charge >= 0.3 is 0 Å². The number of hydrogen-bond donors (Lipinski definition) is 4. The first kappa shape index (κ1) is 28.8. The van der Waals surface area contributed by atoms with E-state index in [-0.39, 0.29) is 49.6 Å². The van der Waals surface area contributed by atoms with Crippen LogP contribution < -0.4 is 21.3 Å². The number of hydrogen-bond acceptors (Lipinski definition) is 5. The molecule has 1 aliphatic carbocycles. The van der Waals surface area contributed by atoms with Crippen LogP contribution in [0.5, 0.6) is 0 Å². The molecule has 0 aromatic rings. The number of amides is 3. The molecule has 0 aromatic heterocycles. The number of rotatable bonds is 10. The van der Waals surface area contributed by atoms with E-state index in [4.69, 9.17) is 0 Å². The van der Waals surface area contributed by atoms with Gasteiger partial charge in [0.2, 0.25) is 17.7 Å². The van der Waals surface area contributed by atoms with Crippen molar-refractivity contribution >= 4 is 17.7 Å². The van der Waals surface area contributed by atoms with E-state index in [1.165, 1.54) is 0 Å². The Labute approximate surface area is 214 Å². The molecule has 206 valence electrons. The molecule has 1 saturated carbocycles. The summed E-state index contributed by atoms with van der Waals surface area (Å²) >= 11 is 0. The molecule has 2 heterocycles. The average Bonchev–Trinajstić information content (AvgIpc) is 3.26. The van der Waals surface area contributed by atoms with E-state index in [9.17, 15) is 23.2 Å². The number of piperidine rings is 1. The monoisotopic (exact) mass is 513 g/mol. The minimum absolute atomic E-state index is 0.102. The van der Waals surface area contributed by atoms with Gasteiger partial charge in [0, 0.05) is 31.5 Å². The first-order chi connectivity index (χ1) is 17.1. The lowest BCUT2D eigenvalue weighted by atomic mass is 9.89. The summed E-state index contributed by atoms with van der Waals surface area (Å²) in [5.41, 5.74) is 0. The topological polar surface area (TPSA) is 103 Å². The Morgan fingerprint density at radius 2 is 1.81 bits per heavy atom. The molecule has 4 N–H and O–H groups in total. The zero-order valence-corrected chi connectivity index (χ0v) is 22.2. The lowest BCUT2D eigenvalue weighted by Crippen LogP contribution is -2.57. The van der Waals surface area contributed by atoms with Crippen molar-refractivity contribution in [1.82, 2.24) is 26.2 Å². The van der Waals surface area contributed by atoms with Crippen LogP contribution in [0.1, 0.15) is 85.5 Å². The number of alkyl halides is 2. The second kappa shape index (κ2) is 13.1. The molecule has 8 nitrogen and oxygen atoms in total. The molecule has 0 radical (unpaired) electrons. The number of fused-ring (bicyclic) bond motifs is 1. The molecule has 0 spiro atoms. The third-order valence-corrected chi connectivity index (χ3v) is 7.85. The van der Waals surface area contributed by atoms with Gasteiger partial charge in [0.05, 0.1) is 24.7 Å². The second-order valence-electron chi connectivity index (χ2n) is 11.2. The Morgan fingerprint density at radius 3 is 2.50 bits per heavy atom. The lowest BCUT2D eigenvalue weighted by molar-refractivity contribution is -0.139. The fraction of sp³-hybridized carbons (Fsp3) is 0.885. The van der Waals surface area contributed by atoms with Crippen LogP contribution in [0.15, 0.2) is 0 Å². The molecule has 0 bridgehead atoms. The molecule has 3 fully saturated rings. The van der Waals surface area contributed by atoms with Gasteiger partial charge in [0.1, 0.15) is 18.4 Å². The number of nitrogens with zero attached hydrogens (tertiary/aromatic N) is 1. The Balaban J connectivity index is 1.63. The fourth-order valence-electron chi connectivity index (χ4n) is 5.68. The summed E-state index contributed by atoms with van der Waals surface area (Å²) < 4.78 is 28.2. The minimum Gasteiger partial charge on any atom is -0.349 e. The van der Waals surface area contributed by atoms with Crippen molar-refractivity contribution in [2.75, 3.05) is 6.54 Å². The van der Waals surface area contributed by atoms with E-state index in [1.54, 1.807) is 6.92 Å². The molecule has 8 atom stereocenters. The van der Waals surface area contributed by atoms with Gasteiger partial charge in [-0.15, -0.1) is 0 Å². The summed E-state index contributed by atoms with van der Waals surface area (Å²) in [5, 5.41) is 12.0. The largest absolute Gasteiger partial charge is 0.349 e. The first-order valence-corrected chi connectivity index (χ1v) is 13.8. The Kier molecular flexibility index (Phi) is 10.5. The summed E-state index contributed by atoms with van der Waals surface area (Å²) in [4.78, 5) is 41.0. The molecule has 36 heavy (non-hydrogen) atoms. The molecule has 10 heteroatoms. The van der Waals surface area contributed by atoms with Crippen molar-refractivity contribution in [2.45, 2.75) is 134 Å². The third-order valence-electron chi connectivity index (χ3n) is 7.85. The zero-order valence-electron chi connectivity index (χ0n) is 22.2. The van der Waals surface area contributed by atoms with Crippen LogP contribution in [0, 0.1) is 5.92 Å².